The number of amides is 2. The van der Waals surface area contributed by atoms with Crippen molar-refractivity contribution < 1.29 is 9.59 Å². The summed E-state index contributed by atoms with van der Waals surface area (Å²) in [6.45, 7) is 3.48. The average molecular weight is 488 g/mol. The second kappa shape index (κ2) is 13.4. The van der Waals surface area contributed by atoms with Gasteiger partial charge in [-0.3, -0.25) is 9.59 Å². The van der Waals surface area contributed by atoms with Crippen LogP contribution in [0, 0.1) is 5.92 Å². The zero-order valence-corrected chi connectivity index (χ0v) is 20.2. The van der Waals surface area contributed by atoms with Crippen molar-refractivity contribution in [3.8, 4) is 0 Å². The van der Waals surface area contributed by atoms with Crippen LogP contribution >= 0.6 is 23.2 Å². The Morgan fingerprint density at radius 1 is 0.970 bits per heavy atom. The maximum absolute atomic E-state index is 12.6. The second-order valence-corrected chi connectivity index (χ2v) is 9.25. The maximum atomic E-state index is 12.6. The van der Waals surface area contributed by atoms with E-state index in [4.69, 9.17) is 23.2 Å². The first-order valence-electron chi connectivity index (χ1n) is 11.5. The van der Waals surface area contributed by atoms with Gasteiger partial charge in [-0.1, -0.05) is 41.8 Å². The molecule has 0 aromatic heterocycles. The summed E-state index contributed by atoms with van der Waals surface area (Å²) < 4.78 is 0. The van der Waals surface area contributed by atoms with E-state index in [1.807, 2.05) is 24.3 Å². The molecular weight excluding hydrogens is 457 g/mol. The maximum Gasteiger partial charge on any atom is 0.243 e. The fourth-order valence-corrected chi connectivity index (χ4v) is 4.16. The second-order valence-electron chi connectivity index (χ2n) is 8.37. The minimum atomic E-state index is -0.0875. The molecular formula is C26H31Cl2N3O2. The molecule has 7 heteroatoms. The Balaban J connectivity index is 1.28. The minimum Gasteiger partial charge on any atom is -0.353 e. The highest BCUT2D eigenvalue weighted by molar-refractivity contribution is 6.30. The summed E-state index contributed by atoms with van der Waals surface area (Å²) in [6, 6.07) is 14.6. The Kier molecular flexibility index (Phi) is 10.3. The normalized spacial score (nSPS) is 16.6. The Hall–Kier alpha value is -2.34. The predicted molar refractivity (Wildman–Crippen MR) is 137 cm³/mol. The summed E-state index contributed by atoms with van der Waals surface area (Å²) in [4.78, 5) is 26.9. The third kappa shape index (κ3) is 9.20. The van der Waals surface area contributed by atoms with Gasteiger partial charge in [0.1, 0.15) is 0 Å². The van der Waals surface area contributed by atoms with Crippen molar-refractivity contribution in [2.75, 3.05) is 31.5 Å². The number of hydrogen-bond donors (Lipinski definition) is 2. The molecule has 0 aliphatic carbocycles. The number of nitrogens with one attached hydrogen (secondary N) is 2. The van der Waals surface area contributed by atoms with Gasteiger partial charge in [0.2, 0.25) is 11.8 Å². The zero-order valence-electron chi connectivity index (χ0n) is 18.7. The van der Waals surface area contributed by atoms with E-state index >= 15 is 0 Å². The first-order valence-corrected chi connectivity index (χ1v) is 12.3. The lowest BCUT2D eigenvalue weighted by Crippen LogP contribution is -2.41. The van der Waals surface area contributed by atoms with E-state index in [0.29, 0.717) is 16.6 Å². The number of unbranched alkanes of at least 4 members (excludes halogenated alkanes) is 2. The van der Waals surface area contributed by atoms with E-state index in [0.717, 1.165) is 63.0 Å². The van der Waals surface area contributed by atoms with Crippen molar-refractivity contribution in [3.63, 3.8) is 0 Å². The molecule has 176 valence electrons. The van der Waals surface area contributed by atoms with Crippen molar-refractivity contribution in [1.29, 1.82) is 0 Å². The highest BCUT2D eigenvalue weighted by Crippen LogP contribution is 2.20. The van der Waals surface area contributed by atoms with Crippen LogP contribution in [0.1, 0.15) is 37.7 Å². The monoisotopic (exact) mass is 487 g/mol. The van der Waals surface area contributed by atoms with Gasteiger partial charge in [-0.25, -0.2) is 0 Å². The van der Waals surface area contributed by atoms with Crippen molar-refractivity contribution in [2.24, 2.45) is 5.92 Å². The molecule has 0 radical (unpaired) electrons. The topological polar surface area (TPSA) is 61.4 Å². The molecule has 2 aromatic rings. The molecule has 2 aromatic carbocycles. The van der Waals surface area contributed by atoms with Crippen LogP contribution in [-0.2, 0) is 9.59 Å². The number of nitrogens with zero attached hydrogens (tertiary/aromatic N) is 1. The molecule has 1 heterocycles. The molecule has 0 spiro atoms. The zero-order chi connectivity index (χ0) is 23.5. The van der Waals surface area contributed by atoms with Crippen LogP contribution in [-0.4, -0.2) is 42.9 Å². The molecule has 0 bridgehead atoms. The number of carbonyl (C=O) groups excluding carboxylic acids is 2. The molecule has 2 N–H and O–H groups in total. The van der Waals surface area contributed by atoms with Crippen LogP contribution in [0.5, 0.6) is 0 Å². The van der Waals surface area contributed by atoms with Crippen molar-refractivity contribution in [1.82, 2.24) is 10.2 Å². The summed E-state index contributed by atoms with van der Waals surface area (Å²) in [5.41, 5.74) is 1.72. The Bertz CT molecular complexity index is 930. The van der Waals surface area contributed by atoms with Gasteiger partial charge in [0.25, 0.3) is 0 Å². The summed E-state index contributed by atoms with van der Waals surface area (Å²) >= 11 is 11.8. The summed E-state index contributed by atoms with van der Waals surface area (Å²) in [6.07, 6.45) is 8.32. The molecule has 5 nitrogen and oxygen atoms in total. The lowest BCUT2D eigenvalue weighted by Gasteiger charge is -2.32. The molecule has 1 saturated heterocycles. The quantitative estimate of drug-likeness (QED) is 0.336. The van der Waals surface area contributed by atoms with Gasteiger partial charge in [0.05, 0.1) is 5.92 Å². The van der Waals surface area contributed by atoms with Crippen LogP contribution in [0.25, 0.3) is 6.08 Å². The largest absolute Gasteiger partial charge is 0.353 e. The molecule has 1 aliphatic rings. The summed E-state index contributed by atoms with van der Waals surface area (Å²) in [5.74, 6) is 0.00746. The van der Waals surface area contributed by atoms with Gasteiger partial charge < -0.3 is 15.5 Å². The molecule has 1 aliphatic heterocycles. The molecule has 0 saturated carbocycles. The predicted octanol–water partition coefficient (Wildman–Crippen LogP) is 5.64. The van der Waals surface area contributed by atoms with E-state index in [1.165, 1.54) is 0 Å². The lowest BCUT2D eigenvalue weighted by atomic mass is 9.96. The van der Waals surface area contributed by atoms with E-state index < -0.39 is 0 Å². The van der Waals surface area contributed by atoms with E-state index in [9.17, 15) is 9.59 Å². The minimum absolute atomic E-state index is 0.0149. The smallest absolute Gasteiger partial charge is 0.243 e. The number of halogens is 2. The van der Waals surface area contributed by atoms with Gasteiger partial charge in [-0.15, -0.1) is 0 Å². The fraction of sp³-hybridized carbons (Fsp3) is 0.385. The van der Waals surface area contributed by atoms with Gasteiger partial charge in [0.15, 0.2) is 0 Å². The van der Waals surface area contributed by atoms with Gasteiger partial charge in [-0.05, 0) is 86.8 Å². The number of anilines is 1. The molecule has 33 heavy (non-hydrogen) atoms. The van der Waals surface area contributed by atoms with Crippen molar-refractivity contribution in [2.45, 2.75) is 32.1 Å². The van der Waals surface area contributed by atoms with E-state index in [-0.39, 0.29) is 17.7 Å². The third-order valence-electron chi connectivity index (χ3n) is 5.74. The fourth-order valence-electron chi connectivity index (χ4n) is 3.90. The average Bonchev–Trinajstić information content (AvgIpc) is 2.82. The summed E-state index contributed by atoms with van der Waals surface area (Å²) in [7, 11) is 0. The van der Waals surface area contributed by atoms with Crippen LogP contribution in [0.3, 0.4) is 0 Å². The molecule has 2 amide bonds. The van der Waals surface area contributed by atoms with Crippen LogP contribution in [0.15, 0.2) is 54.6 Å². The highest BCUT2D eigenvalue weighted by atomic mass is 35.5. The third-order valence-corrected chi connectivity index (χ3v) is 6.24. The molecule has 1 fully saturated rings. The van der Waals surface area contributed by atoms with E-state index in [2.05, 4.69) is 15.5 Å². The molecule has 3 rings (SSSR count). The first-order chi connectivity index (χ1) is 16.0. The van der Waals surface area contributed by atoms with E-state index in [1.54, 1.807) is 36.4 Å². The Labute approximate surface area is 206 Å². The van der Waals surface area contributed by atoms with Gasteiger partial charge in [-0.2, -0.15) is 0 Å². The van der Waals surface area contributed by atoms with Crippen LogP contribution in [0.2, 0.25) is 10.0 Å². The molecule has 1 atom stereocenters. The van der Waals surface area contributed by atoms with Crippen LogP contribution < -0.4 is 10.6 Å². The number of carbonyl (C=O) groups is 2. The lowest BCUT2D eigenvalue weighted by molar-refractivity contribution is -0.121. The van der Waals surface area contributed by atoms with Crippen molar-refractivity contribution in [3.05, 3.63) is 70.2 Å². The Morgan fingerprint density at radius 3 is 2.39 bits per heavy atom. The number of piperidine rings is 1. The Morgan fingerprint density at radius 2 is 1.67 bits per heavy atom. The standard InChI is InChI=1S/C26H31Cl2N3O2/c27-22-9-6-20(7-10-22)8-15-25(32)29-16-2-1-3-17-31-18-4-5-21(19-31)26(33)30-24-13-11-23(28)12-14-24/h6-15,21H,1-5,16-19H2,(H,29,32)(H,30,33)/b15-8+. The number of rotatable bonds is 10. The van der Waals surface area contributed by atoms with Crippen molar-refractivity contribution >= 4 is 46.8 Å². The summed E-state index contributed by atoms with van der Waals surface area (Å²) in [5, 5.41) is 7.26. The molecule has 1 unspecified atom stereocenters. The van der Waals surface area contributed by atoms with Crippen LogP contribution in [0.4, 0.5) is 5.69 Å². The SMILES string of the molecule is O=C(/C=C/c1ccc(Cl)cc1)NCCCCCN1CCCC(C(=O)Nc2ccc(Cl)cc2)C1. The van der Waals surface area contributed by atoms with Gasteiger partial charge >= 0.3 is 0 Å². The highest BCUT2D eigenvalue weighted by Gasteiger charge is 2.25. The van der Waals surface area contributed by atoms with Gasteiger partial charge in [0, 0.05) is 34.9 Å². The first kappa shape index (κ1) is 25.3. The number of benzene rings is 2. The number of hydrogen-bond acceptors (Lipinski definition) is 3. The number of likely N-dealkylation sites (tertiary alicyclic amines) is 1.